The Morgan fingerprint density at radius 1 is 1.16 bits per heavy atom. The summed E-state index contributed by atoms with van der Waals surface area (Å²) in [6.45, 7) is 6.19. The minimum Gasteiger partial charge on any atom is -0.461 e. The molecule has 0 saturated carbocycles. The van der Waals surface area contributed by atoms with E-state index in [4.69, 9.17) is 4.74 Å². The molecule has 0 aliphatic heterocycles. The van der Waals surface area contributed by atoms with Gasteiger partial charge in [-0.1, -0.05) is 24.3 Å². The first-order valence-corrected chi connectivity index (χ1v) is 6.33. The molecule has 19 heavy (non-hydrogen) atoms. The van der Waals surface area contributed by atoms with Crippen LogP contribution in [0.25, 0.3) is 11.1 Å². The summed E-state index contributed by atoms with van der Waals surface area (Å²) in [7, 11) is 0. The van der Waals surface area contributed by atoms with Gasteiger partial charge in [-0.25, -0.2) is 9.78 Å². The Morgan fingerprint density at radius 2 is 1.89 bits per heavy atom. The third-order valence-corrected chi connectivity index (χ3v) is 3.02. The average molecular weight is 255 g/mol. The van der Waals surface area contributed by atoms with E-state index in [1.54, 1.807) is 19.2 Å². The lowest BCUT2D eigenvalue weighted by Gasteiger charge is -2.10. The number of carbonyl (C=O) groups excluding carboxylic acids is 1. The number of rotatable bonds is 3. The van der Waals surface area contributed by atoms with Gasteiger partial charge in [0.2, 0.25) is 0 Å². The molecule has 1 aromatic carbocycles. The smallest absolute Gasteiger partial charge is 0.356 e. The summed E-state index contributed by atoms with van der Waals surface area (Å²) in [6.07, 6.45) is 1.72. The van der Waals surface area contributed by atoms with Crippen LogP contribution in [-0.4, -0.2) is 17.6 Å². The molecule has 1 heterocycles. The van der Waals surface area contributed by atoms with Crippen molar-refractivity contribution in [2.45, 2.75) is 20.8 Å². The Morgan fingerprint density at radius 3 is 2.58 bits per heavy atom. The van der Waals surface area contributed by atoms with E-state index in [0.717, 1.165) is 16.7 Å². The minimum atomic E-state index is -0.377. The van der Waals surface area contributed by atoms with Crippen molar-refractivity contribution in [2.75, 3.05) is 6.61 Å². The van der Waals surface area contributed by atoms with Crippen LogP contribution >= 0.6 is 0 Å². The molecule has 0 bridgehead atoms. The third kappa shape index (κ3) is 2.81. The molecule has 0 atom stereocenters. The summed E-state index contributed by atoms with van der Waals surface area (Å²) in [5.41, 5.74) is 4.71. The Kier molecular flexibility index (Phi) is 3.95. The maximum Gasteiger partial charge on any atom is 0.356 e. The van der Waals surface area contributed by atoms with E-state index in [0.29, 0.717) is 12.3 Å². The van der Waals surface area contributed by atoms with Crippen molar-refractivity contribution in [3.05, 3.63) is 53.3 Å². The number of hydrogen-bond donors (Lipinski definition) is 0. The van der Waals surface area contributed by atoms with Gasteiger partial charge in [0.1, 0.15) is 5.69 Å². The molecule has 0 radical (unpaired) electrons. The highest BCUT2D eigenvalue weighted by molar-refractivity contribution is 5.89. The highest BCUT2D eigenvalue weighted by atomic mass is 16.5. The van der Waals surface area contributed by atoms with Crippen molar-refractivity contribution < 1.29 is 9.53 Å². The molecule has 0 N–H and O–H groups in total. The Labute approximate surface area is 113 Å². The van der Waals surface area contributed by atoms with Gasteiger partial charge >= 0.3 is 5.97 Å². The summed E-state index contributed by atoms with van der Waals surface area (Å²) in [5, 5.41) is 0. The highest BCUT2D eigenvalue weighted by Gasteiger charge is 2.12. The Hall–Kier alpha value is -2.16. The van der Waals surface area contributed by atoms with Crippen LogP contribution in [0.3, 0.4) is 0 Å². The summed E-state index contributed by atoms with van der Waals surface area (Å²) in [5.74, 6) is -0.377. The fourth-order valence-electron chi connectivity index (χ4n) is 2.01. The van der Waals surface area contributed by atoms with Gasteiger partial charge in [0, 0.05) is 6.20 Å². The van der Waals surface area contributed by atoms with Gasteiger partial charge < -0.3 is 4.74 Å². The molecule has 0 spiro atoms. The number of hydrogen-bond acceptors (Lipinski definition) is 3. The van der Waals surface area contributed by atoms with E-state index in [1.165, 1.54) is 5.56 Å². The van der Waals surface area contributed by atoms with Crippen LogP contribution in [0.5, 0.6) is 0 Å². The maximum atomic E-state index is 11.7. The standard InChI is InChI=1S/C16H17NO2/c1-4-19-16(18)15-9-14(12(3)10-17-15)13-8-6-5-7-11(13)2/h5-10H,4H2,1-3H3. The second-order valence-corrected chi connectivity index (χ2v) is 4.42. The van der Waals surface area contributed by atoms with Crippen LogP contribution in [0, 0.1) is 13.8 Å². The Balaban J connectivity index is 2.49. The molecule has 2 aromatic rings. The predicted octanol–water partition coefficient (Wildman–Crippen LogP) is 3.54. The topological polar surface area (TPSA) is 39.2 Å². The molecule has 0 saturated heterocycles. The molecular weight excluding hydrogens is 238 g/mol. The van der Waals surface area contributed by atoms with E-state index >= 15 is 0 Å². The van der Waals surface area contributed by atoms with Crippen LogP contribution in [0.4, 0.5) is 0 Å². The van der Waals surface area contributed by atoms with Gasteiger partial charge in [-0.2, -0.15) is 0 Å². The number of aryl methyl sites for hydroxylation is 2. The van der Waals surface area contributed by atoms with E-state index in [1.807, 2.05) is 25.1 Å². The summed E-state index contributed by atoms with van der Waals surface area (Å²) in [6, 6.07) is 9.90. The lowest BCUT2D eigenvalue weighted by Crippen LogP contribution is -2.07. The van der Waals surface area contributed by atoms with Gasteiger partial charge in [0.25, 0.3) is 0 Å². The zero-order valence-corrected chi connectivity index (χ0v) is 11.4. The van der Waals surface area contributed by atoms with Gasteiger partial charge in [0.05, 0.1) is 6.61 Å². The molecule has 1 aromatic heterocycles. The monoisotopic (exact) mass is 255 g/mol. The highest BCUT2D eigenvalue weighted by Crippen LogP contribution is 2.26. The van der Waals surface area contributed by atoms with Crippen LogP contribution in [0.2, 0.25) is 0 Å². The van der Waals surface area contributed by atoms with Crippen molar-refractivity contribution in [2.24, 2.45) is 0 Å². The molecule has 0 amide bonds. The number of ether oxygens (including phenoxy) is 1. The summed E-state index contributed by atoms with van der Waals surface area (Å²) < 4.78 is 4.99. The SMILES string of the molecule is CCOC(=O)c1cc(-c2ccccc2C)c(C)cn1. The van der Waals surface area contributed by atoms with Crippen molar-refractivity contribution in [3.63, 3.8) is 0 Å². The van der Waals surface area contributed by atoms with Gasteiger partial charge in [0.15, 0.2) is 0 Å². The van der Waals surface area contributed by atoms with Gasteiger partial charge in [-0.15, -0.1) is 0 Å². The van der Waals surface area contributed by atoms with E-state index in [2.05, 4.69) is 18.0 Å². The van der Waals surface area contributed by atoms with E-state index in [9.17, 15) is 4.79 Å². The number of pyridine rings is 1. The molecule has 3 nitrogen and oxygen atoms in total. The molecule has 2 rings (SSSR count). The van der Waals surface area contributed by atoms with Crippen LogP contribution < -0.4 is 0 Å². The molecule has 98 valence electrons. The number of carbonyl (C=O) groups is 1. The molecule has 3 heteroatoms. The Bertz CT molecular complexity index is 605. The average Bonchev–Trinajstić information content (AvgIpc) is 2.40. The van der Waals surface area contributed by atoms with Crippen LogP contribution in [0.15, 0.2) is 36.5 Å². The second kappa shape index (κ2) is 5.65. The van der Waals surface area contributed by atoms with Gasteiger partial charge in [-0.3, -0.25) is 0 Å². The zero-order chi connectivity index (χ0) is 13.8. The molecular formula is C16H17NO2. The molecule has 0 aliphatic rings. The fourth-order valence-corrected chi connectivity index (χ4v) is 2.01. The summed E-state index contributed by atoms with van der Waals surface area (Å²) >= 11 is 0. The first-order valence-electron chi connectivity index (χ1n) is 6.33. The van der Waals surface area contributed by atoms with Crippen molar-refractivity contribution in [1.82, 2.24) is 4.98 Å². The minimum absolute atomic E-state index is 0.353. The van der Waals surface area contributed by atoms with Crippen molar-refractivity contribution >= 4 is 5.97 Å². The summed E-state index contributed by atoms with van der Waals surface area (Å²) in [4.78, 5) is 15.9. The quantitative estimate of drug-likeness (QED) is 0.787. The number of benzene rings is 1. The van der Waals surface area contributed by atoms with Crippen molar-refractivity contribution in [1.29, 1.82) is 0 Å². The fraction of sp³-hybridized carbons (Fsp3) is 0.250. The predicted molar refractivity (Wildman–Crippen MR) is 75.1 cm³/mol. The largest absolute Gasteiger partial charge is 0.461 e. The van der Waals surface area contributed by atoms with Crippen LogP contribution in [0.1, 0.15) is 28.5 Å². The number of aromatic nitrogens is 1. The van der Waals surface area contributed by atoms with Gasteiger partial charge in [-0.05, 0) is 49.1 Å². The van der Waals surface area contributed by atoms with E-state index < -0.39 is 0 Å². The maximum absolute atomic E-state index is 11.7. The lowest BCUT2D eigenvalue weighted by atomic mass is 9.97. The third-order valence-electron chi connectivity index (χ3n) is 3.02. The second-order valence-electron chi connectivity index (χ2n) is 4.42. The zero-order valence-electron chi connectivity index (χ0n) is 11.4. The first-order chi connectivity index (χ1) is 9.13. The van der Waals surface area contributed by atoms with E-state index in [-0.39, 0.29) is 5.97 Å². The molecule has 0 unspecified atom stereocenters. The molecule has 0 aliphatic carbocycles. The first kappa shape index (κ1) is 13.3. The van der Waals surface area contributed by atoms with Crippen molar-refractivity contribution in [3.8, 4) is 11.1 Å². The number of nitrogens with zero attached hydrogens (tertiary/aromatic N) is 1. The normalized spacial score (nSPS) is 10.3. The molecule has 0 fully saturated rings. The number of esters is 1. The van der Waals surface area contributed by atoms with Crippen LogP contribution in [-0.2, 0) is 4.74 Å². The lowest BCUT2D eigenvalue weighted by molar-refractivity contribution is 0.0519.